The highest BCUT2D eigenvalue weighted by atomic mass is 19.4. The number of halogens is 18. The first kappa shape index (κ1) is 42.6. The maximum absolute atomic E-state index is 14.2. The maximum Gasteiger partial charge on any atom is 0.460 e. The largest absolute Gasteiger partial charge is 0.471 e. The summed E-state index contributed by atoms with van der Waals surface area (Å²) in [6, 6.07) is 14.6. The van der Waals surface area contributed by atoms with E-state index in [1.165, 1.54) is 12.1 Å². The fourth-order valence-corrected chi connectivity index (χ4v) is 5.90. The van der Waals surface area contributed by atoms with Gasteiger partial charge >= 0.3 is 47.9 Å². The number of benzene rings is 2. The number of fused-ring (bicyclic) bond motifs is 1. The summed E-state index contributed by atoms with van der Waals surface area (Å²) in [6.07, 6.45) is -14.4. The predicted molar refractivity (Wildman–Crippen MR) is 158 cm³/mol. The molecule has 2 saturated heterocycles. The second-order valence-corrected chi connectivity index (χ2v) is 12.9. The molecular formula is C32H24F18N4O2. The molecule has 2 aliphatic heterocycles. The number of ether oxygens (including phenoxy) is 2. The minimum absolute atomic E-state index is 0.0697. The van der Waals surface area contributed by atoms with Crippen LogP contribution in [0.1, 0.15) is 0 Å². The maximum atomic E-state index is 14.2. The molecular weight excluding hydrogens is 814 g/mol. The number of anilines is 2. The molecule has 0 amide bonds. The van der Waals surface area contributed by atoms with Crippen LogP contribution in [-0.4, -0.2) is 97.2 Å². The van der Waals surface area contributed by atoms with Crippen LogP contribution in [0.25, 0.3) is 11.4 Å². The van der Waals surface area contributed by atoms with Crippen LogP contribution >= 0.6 is 0 Å². The van der Waals surface area contributed by atoms with Gasteiger partial charge in [-0.2, -0.15) is 89.0 Å². The second kappa shape index (κ2) is 14.1. The van der Waals surface area contributed by atoms with Gasteiger partial charge in [0.05, 0.1) is 6.07 Å². The Balaban J connectivity index is 1.43. The SMILES string of the molecule is FC(F)(F)C(F)(F)C(F)(F)C(F)(F)COc1cc(OCC(F)(F)C(F)(F)C(F)(F)C(F)(F)F)nc(-c2cccc(N3CC4CN(c5ccccc5)CC4C3)c2)n1. The lowest BCUT2D eigenvalue weighted by atomic mass is 10.0. The molecule has 0 N–H and O–H groups in total. The lowest BCUT2D eigenvalue weighted by molar-refractivity contribution is -0.398. The smallest absolute Gasteiger partial charge is 0.460 e. The van der Waals surface area contributed by atoms with Crippen LogP contribution in [0.5, 0.6) is 11.8 Å². The molecule has 2 aromatic carbocycles. The summed E-state index contributed by atoms with van der Waals surface area (Å²) >= 11 is 0. The zero-order valence-corrected chi connectivity index (χ0v) is 27.6. The molecule has 2 aliphatic rings. The van der Waals surface area contributed by atoms with Crippen molar-refractivity contribution in [2.75, 3.05) is 49.2 Å². The minimum Gasteiger partial charge on any atom is -0.471 e. The zero-order valence-electron chi connectivity index (χ0n) is 27.6. The lowest BCUT2D eigenvalue weighted by Crippen LogP contribution is -2.62. The standard InChI is InChI=1S/C32H24F18N4O2/c33-25(34,27(37,38)29(41,42)31(45,46)47)15-55-22-10-23(56-16-26(35,36)28(39,40)30(43,44)32(48,49)50)52-24(51-22)17-5-4-8-21(9-17)54-13-18-11-53(12-19(18)14-54)20-6-2-1-3-7-20/h1-10,18-19H,11-16H2. The number of nitrogens with zero attached hydrogens (tertiary/aromatic N) is 4. The van der Waals surface area contributed by atoms with Crippen LogP contribution in [-0.2, 0) is 0 Å². The molecule has 5 rings (SSSR count). The van der Waals surface area contributed by atoms with Gasteiger partial charge in [-0.15, -0.1) is 0 Å². The van der Waals surface area contributed by atoms with Gasteiger partial charge in [0.2, 0.25) is 11.8 Å². The van der Waals surface area contributed by atoms with Crippen LogP contribution < -0.4 is 19.3 Å². The quantitative estimate of drug-likeness (QED) is 0.160. The van der Waals surface area contributed by atoms with E-state index in [0.29, 0.717) is 31.9 Å². The van der Waals surface area contributed by atoms with Gasteiger partial charge in [0.15, 0.2) is 19.0 Å². The molecule has 0 spiro atoms. The topological polar surface area (TPSA) is 50.7 Å². The molecule has 6 nitrogen and oxygen atoms in total. The third-order valence-electron chi connectivity index (χ3n) is 8.98. The van der Waals surface area contributed by atoms with E-state index >= 15 is 0 Å². The first-order valence-corrected chi connectivity index (χ1v) is 15.7. The fraction of sp³-hybridized carbons (Fsp3) is 0.500. The van der Waals surface area contributed by atoms with Crippen molar-refractivity contribution in [3.63, 3.8) is 0 Å². The molecule has 0 radical (unpaired) electrons. The first-order valence-electron chi connectivity index (χ1n) is 15.7. The van der Waals surface area contributed by atoms with Crippen molar-refractivity contribution >= 4 is 11.4 Å². The summed E-state index contributed by atoms with van der Waals surface area (Å²) in [5.74, 6) is -45.5. The van der Waals surface area contributed by atoms with Crippen molar-refractivity contribution in [1.82, 2.24) is 9.97 Å². The van der Waals surface area contributed by atoms with Crippen LogP contribution in [0, 0.1) is 11.8 Å². The van der Waals surface area contributed by atoms with Gasteiger partial charge in [0.25, 0.3) is 0 Å². The Morgan fingerprint density at radius 2 is 0.875 bits per heavy atom. The monoisotopic (exact) mass is 838 g/mol. The van der Waals surface area contributed by atoms with Crippen LogP contribution in [0.2, 0.25) is 0 Å². The molecule has 1 aromatic heterocycles. The molecule has 24 heteroatoms. The summed E-state index contributed by atoms with van der Waals surface area (Å²) in [5, 5.41) is 0. The van der Waals surface area contributed by atoms with Crippen molar-refractivity contribution in [3.05, 3.63) is 60.7 Å². The fourth-order valence-electron chi connectivity index (χ4n) is 5.90. The summed E-state index contributed by atoms with van der Waals surface area (Å²) < 4.78 is 250. The number of alkyl halides is 18. The number of aromatic nitrogens is 2. The van der Waals surface area contributed by atoms with Gasteiger partial charge in [-0.05, 0) is 24.3 Å². The Kier molecular flexibility index (Phi) is 10.8. The Morgan fingerprint density at radius 3 is 1.29 bits per heavy atom. The number of hydrogen-bond donors (Lipinski definition) is 0. The van der Waals surface area contributed by atoms with Crippen molar-refractivity contribution in [1.29, 1.82) is 0 Å². The van der Waals surface area contributed by atoms with E-state index in [2.05, 4.69) is 24.3 Å². The van der Waals surface area contributed by atoms with Gasteiger partial charge in [-0.3, -0.25) is 0 Å². The van der Waals surface area contributed by atoms with Crippen LogP contribution in [0.4, 0.5) is 90.4 Å². The predicted octanol–water partition coefficient (Wildman–Crippen LogP) is 9.41. The van der Waals surface area contributed by atoms with E-state index < -0.39 is 78.7 Å². The molecule has 310 valence electrons. The zero-order chi connectivity index (χ0) is 41.9. The Bertz CT molecular complexity index is 1770. The van der Waals surface area contributed by atoms with Crippen LogP contribution in [0.15, 0.2) is 60.7 Å². The van der Waals surface area contributed by atoms with Gasteiger partial charge < -0.3 is 19.3 Å². The van der Waals surface area contributed by atoms with Gasteiger partial charge in [0.1, 0.15) is 0 Å². The molecule has 56 heavy (non-hydrogen) atoms. The Labute approximate surface area is 303 Å². The van der Waals surface area contributed by atoms with Crippen molar-refractivity contribution in [2.45, 2.75) is 47.9 Å². The number of hydrogen-bond acceptors (Lipinski definition) is 6. The number of rotatable bonds is 13. The van der Waals surface area contributed by atoms with Crippen molar-refractivity contribution in [3.8, 4) is 23.1 Å². The average molecular weight is 839 g/mol. The highest BCUT2D eigenvalue weighted by molar-refractivity contribution is 5.64. The lowest BCUT2D eigenvalue weighted by Gasteiger charge is -2.33. The van der Waals surface area contributed by atoms with Gasteiger partial charge in [-0.25, -0.2) is 0 Å². The molecule has 0 aliphatic carbocycles. The van der Waals surface area contributed by atoms with Crippen LogP contribution in [0.3, 0.4) is 0 Å². The van der Waals surface area contributed by atoms with E-state index in [9.17, 15) is 79.0 Å². The third-order valence-corrected chi connectivity index (χ3v) is 8.98. The van der Waals surface area contributed by atoms with Gasteiger partial charge in [0, 0.05) is 55.0 Å². The summed E-state index contributed by atoms with van der Waals surface area (Å²) in [7, 11) is 0. The molecule has 2 atom stereocenters. The Hall–Kier alpha value is -4.54. The van der Waals surface area contributed by atoms with Crippen molar-refractivity contribution in [2.24, 2.45) is 11.8 Å². The molecule has 2 fully saturated rings. The Morgan fingerprint density at radius 1 is 0.482 bits per heavy atom. The van der Waals surface area contributed by atoms with E-state index in [4.69, 9.17) is 0 Å². The molecule has 2 unspecified atom stereocenters. The number of para-hydroxylation sites is 1. The van der Waals surface area contributed by atoms with E-state index in [0.717, 1.165) is 11.8 Å². The van der Waals surface area contributed by atoms with E-state index in [-0.39, 0.29) is 23.5 Å². The highest BCUT2D eigenvalue weighted by Crippen LogP contribution is 2.54. The van der Waals surface area contributed by atoms with E-state index in [1.807, 2.05) is 35.2 Å². The summed E-state index contributed by atoms with van der Waals surface area (Å²) in [5.41, 5.74) is 1.16. The normalized spacial score (nSPS) is 19.0. The summed E-state index contributed by atoms with van der Waals surface area (Å²) in [6.45, 7) is -3.83. The molecule has 3 heterocycles. The third kappa shape index (κ3) is 7.62. The first-order chi connectivity index (χ1) is 25.5. The molecule has 0 bridgehead atoms. The summed E-state index contributed by atoms with van der Waals surface area (Å²) in [4.78, 5) is 11.0. The highest BCUT2D eigenvalue weighted by Gasteiger charge is 2.83. The van der Waals surface area contributed by atoms with E-state index in [1.54, 1.807) is 6.07 Å². The minimum atomic E-state index is -7.35. The molecule has 3 aromatic rings. The van der Waals surface area contributed by atoms with Gasteiger partial charge in [-0.1, -0.05) is 30.3 Å². The molecule has 0 saturated carbocycles. The van der Waals surface area contributed by atoms with Crippen molar-refractivity contribution < 1.29 is 88.5 Å². The average Bonchev–Trinajstić information content (AvgIpc) is 3.69. The second-order valence-electron chi connectivity index (χ2n) is 12.9.